The molecule has 7 atom stereocenters. The first-order valence-electron chi connectivity index (χ1n) is 12.9. The molecule has 0 aromatic carbocycles. The zero-order valence-electron chi connectivity index (χ0n) is 21.9. The first kappa shape index (κ1) is 27.8. The lowest BCUT2D eigenvalue weighted by molar-refractivity contribution is -0.155. The molecule has 3 saturated heterocycles. The van der Waals surface area contributed by atoms with E-state index in [0.717, 1.165) is 19.3 Å². The first-order valence-corrected chi connectivity index (χ1v) is 13.7. The largest absolute Gasteiger partial charge is 0.461 e. The number of fused-ring (bicyclic) bond motifs is 1. The number of nitrogens with zero attached hydrogens (tertiary/aromatic N) is 2. The Balaban J connectivity index is 2.14. The van der Waals surface area contributed by atoms with Crippen LogP contribution in [0.15, 0.2) is 25.3 Å². The van der Waals surface area contributed by atoms with Gasteiger partial charge < -0.3 is 19.6 Å². The van der Waals surface area contributed by atoms with E-state index in [4.69, 9.17) is 4.74 Å². The maximum atomic E-state index is 14.4. The van der Waals surface area contributed by atoms with Crippen molar-refractivity contribution in [2.24, 2.45) is 17.8 Å². The van der Waals surface area contributed by atoms with Gasteiger partial charge >= 0.3 is 5.97 Å². The Labute approximate surface area is 214 Å². The first-order chi connectivity index (χ1) is 16.5. The second-order valence-corrected chi connectivity index (χ2v) is 12.7. The van der Waals surface area contributed by atoms with Gasteiger partial charge in [-0.15, -0.1) is 18.3 Å². The van der Waals surface area contributed by atoms with Crippen molar-refractivity contribution in [3.63, 3.8) is 0 Å². The third-order valence-corrected chi connectivity index (χ3v) is 10.2. The predicted molar refractivity (Wildman–Crippen MR) is 139 cm³/mol. The molecule has 3 unspecified atom stereocenters. The highest BCUT2D eigenvalue weighted by Crippen LogP contribution is 2.72. The van der Waals surface area contributed by atoms with Crippen LogP contribution in [0.1, 0.15) is 60.3 Å². The van der Waals surface area contributed by atoms with Crippen molar-refractivity contribution in [3.8, 4) is 0 Å². The highest BCUT2D eigenvalue weighted by Gasteiger charge is 2.78. The summed E-state index contributed by atoms with van der Waals surface area (Å²) < 4.78 is 4.26. The Kier molecular flexibility index (Phi) is 8.47. The molecule has 3 rings (SSSR count). The Hall–Kier alpha value is -1.80. The highest BCUT2D eigenvalue weighted by molar-refractivity contribution is 8.02. The normalized spacial score (nSPS) is 32.9. The highest BCUT2D eigenvalue weighted by atomic mass is 32.2. The van der Waals surface area contributed by atoms with Crippen LogP contribution in [-0.4, -0.2) is 80.1 Å². The topological polar surface area (TPSA) is 87.1 Å². The van der Waals surface area contributed by atoms with Gasteiger partial charge in [0, 0.05) is 17.3 Å². The van der Waals surface area contributed by atoms with E-state index in [-0.39, 0.29) is 37.0 Å². The number of thioether (sulfide) groups is 1. The Morgan fingerprint density at radius 2 is 1.97 bits per heavy atom. The lowest BCUT2D eigenvalue weighted by Gasteiger charge is -2.42. The minimum Gasteiger partial charge on any atom is -0.461 e. The fourth-order valence-corrected chi connectivity index (χ4v) is 8.89. The summed E-state index contributed by atoms with van der Waals surface area (Å²) in [6.07, 6.45) is 6.41. The van der Waals surface area contributed by atoms with Crippen LogP contribution in [0.3, 0.4) is 0 Å². The van der Waals surface area contributed by atoms with E-state index < -0.39 is 39.4 Å². The van der Waals surface area contributed by atoms with Crippen molar-refractivity contribution in [2.75, 3.05) is 19.8 Å². The number of ether oxygens (including phenoxy) is 1. The number of aliphatic hydroxyl groups is 1. The quantitative estimate of drug-likeness (QED) is 0.322. The van der Waals surface area contributed by atoms with Crippen molar-refractivity contribution in [1.29, 1.82) is 0 Å². The molecule has 8 heteroatoms. The van der Waals surface area contributed by atoms with Gasteiger partial charge in [0.05, 0.1) is 29.2 Å². The number of likely N-dealkylation sites (tertiary alicyclic amines) is 1. The second-order valence-electron chi connectivity index (χ2n) is 10.8. The average Bonchev–Trinajstić information content (AvgIpc) is 3.37. The fraction of sp³-hybridized carbons (Fsp3) is 0.741. The third-order valence-electron chi connectivity index (χ3n) is 8.21. The van der Waals surface area contributed by atoms with E-state index in [1.807, 2.05) is 32.6 Å². The molecule has 3 fully saturated rings. The summed E-state index contributed by atoms with van der Waals surface area (Å²) in [4.78, 5) is 45.3. The van der Waals surface area contributed by atoms with Gasteiger partial charge in [0.25, 0.3) is 0 Å². The van der Waals surface area contributed by atoms with E-state index in [2.05, 4.69) is 20.1 Å². The summed E-state index contributed by atoms with van der Waals surface area (Å²) in [5.74, 6) is -2.08. The average molecular weight is 507 g/mol. The summed E-state index contributed by atoms with van der Waals surface area (Å²) >= 11 is 1.62. The number of aliphatic hydroxyl groups excluding tert-OH is 1. The molecule has 3 heterocycles. The van der Waals surface area contributed by atoms with E-state index in [1.165, 1.54) is 6.08 Å². The summed E-state index contributed by atoms with van der Waals surface area (Å²) in [7, 11) is 0. The van der Waals surface area contributed by atoms with Gasteiger partial charge in [-0.05, 0) is 39.0 Å². The van der Waals surface area contributed by atoms with Gasteiger partial charge in [-0.3, -0.25) is 14.4 Å². The Morgan fingerprint density at radius 3 is 2.51 bits per heavy atom. The molecule has 3 aliphatic heterocycles. The van der Waals surface area contributed by atoms with Crippen LogP contribution in [0.25, 0.3) is 0 Å². The van der Waals surface area contributed by atoms with Crippen LogP contribution in [0.5, 0.6) is 0 Å². The standard InChI is InChI=1S/C27H42N2O5S/c1-8-11-18(6)28(14-9-2)24(32)22-27-13-12-26(7,35-27)21(25(33)34-15-10-3)20(27)23(31)29(22)19(16-30)17(4)5/h9-10,17-22,30H,2-3,8,11-16H2,1,4-7H3/t18?,19-,20-,21-,22?,26+,27?/m0/s1. The minimum atomic E-state index is -0.747. The molecule has 35 heavy (non-hydrogen) atoms. The van der Waals surface area contributed by atoms with E-state index in [1.54, 1.807) is 22.7 Å². The SMILES string of the molecule is C=CCOC(=O)[C@@H]1[C@H]2C(=O)N([C@@H](CO)C(C)C)C(C(=O)N(CC=C)C(C)CCC)C23CC[C@@]1(C)S3. The van der Waals surface area contributed by atoms with Crippen molar-refractivity contribution in [2.45, 2.75) is 87.9 Å². The van der Waals surface area contributed by atoms with Crippen LogP contribution in [0, 0.1) is 17.8 Å². The molecule has 0 aromatic heterocycles. The van der Waals surface area contributed by atoms with Gasteiger partial charge in [0.15, 0.2) is 0 Å². The molecule has 3 aliphatic rings. The van der Waals surface area contributed by atoms with Crippen molar-refractivity contribution < 1.29 is 24.2 Å². The number of rotatable bonds is 12. The lowest BCUT2D eigenvalue weighted by atomic mass is 9.66. The molecule has 1 N–H and O–H groups in total. The fourth-order valence-electron chi connectivity index (χ4n) is 6.57. The maximum Gasteiger partial charge on any atom is 0.311 e. The van der Waals surface area contributed by atoms with Gasteiger partial charge in [-0.25, -0.2) is 0 Å². The van der Waals surface area contributed by atoms with E-state index >= 15 is 0 Å². The Morgan fingerprint density at radius 1 is 1.29 bits per heavy atom. The number of esters is 1. The monoisotopic (exact) mass is 506 g/mol. The van der Waals surface area contributed by atoms with Gasteiger partial charge in [0.2, 0.25) is 11.8 Å². The van der Waals surface area contributed by atoms with Crippen LogP contribution in [0.4, 0.5) is 0 Å². The van der Waals surface area contributed by atoms with E-state index in [0.29, 0.717) is 13.0 Å². The summed E-state index contributed by atoms with van der Waals surface area (Å²) in [5, 5.41) is 10.3. The van der Waals surface area contributed by atoms with Crippen molar-refractivity contribution in [3.05, 3.63) is 25.3 Å². The smallest absolute Gasteiger partial charge is 0.311 e. The van der Waals surface area contributed by atoms with Crippen LogP contribution in [-0.2, 0) is 19.1 Å². The zero-order valence-corrected chi connectivity index (χ0v) is 22.7. The molecule has 0 radical (unpaired) electrons. The molecule has 2 amide bonds. The zero-order chi connectivity index (χ0) is 26.1. The molecule has 0 saturated carbocycles. The molecule has 7 nitrogen and oxygen atoms in total. The van der Waals surface area contributed by atoms with Crippen LogP contribution >= 0.6 is 11.8 Å². The van der Waals surface area contributed by atoms with Gasteiger partial charge in [0.1, 0.15) is 12.6 Å². The van der Waals surface area contributed by atoms with Crippen molar-refractivity contribution >= 4 is 29.5 Å². The molecule has 0 aliphatic carbocycles. The Bertz CT molecular complexity index is 863. The van der Waals surface area contributed by atoms with Crippen molar-refractivity contribution in [1.82, 2.24) is 9.80 Å². The number of hydrogen-bond acceptors (Lipinski definition) is 6. The molecule has 0 aromatic rings. The molecule has 1 spiro atoms. The predicted octanol–water partition coefficient (Wildman–Crippen LogP) is 3.42. The van der Waals surface area contributed by atoms with Crippen LogP contribution in [0.2, 0.25) is 0 Å². The van der Waals surface area contributed by atoms with Gasteiger partial charge in [-0.2, -0.15) is 0 Å². The minimum absolute atomic E-state index is 0.0166. The molecular formula is C27H42N2O5S. The summed E-state index contributed by atoms with van der Waals surface area (Å²) in [5.41, 5.74) is 0. The number of amides is 2. The molecule has 196 valence electrons. The van der Waals surface area contributed by atoms with Crippen LogP contribution < -0.4 is 0 Å². The van der Waals surface area contributed by atoms with E-state index in [9.17, 15) is 19.5 Å². The maximum absolute atomic E-state index is 14.4. The molecule has 2 bridgehead atoms. The third kappa shape index (κ3) is 4.45. The van der Waals surface area contributed by atoms with Gasteiger partial charge in [-0.1, -0.05) is 45.9 Å². The summed E-state index contributed by atoms with van der Waals surface area (Å²) in [6.45, 7) is 17.8. The number of carbonyl (C=O) groups excluding carboxylic acids is 3. The second kappa shape index (κ2) is 10.7. The number of carbonyl (C=O) groups is 3. The lowest BCUT2D eigenvalue weighted by Crippen LogP contribution is -2.59. The number of hydrogen-bond donors (Lipinski definition) is 1. The summed E-state index contributed by atoms with van der Waals surface area (Å²) in [6, 6.07) is -1.28. The molecular weight excluding hydrogens is 464 g/mol.